The second-order valence-electron chi connectivity index (χ2n) is 6.48. The van der Waals surface area contributed by atoms with Crippen LogP contribution in [0.4, 0.5) is 0 Å². The summed E-state index contributed by atoms with van der Waals surface area (Å²) in [5, 5.41) is 8.19. The van der Waals surface area contributed by atoms with E-state index in [4.69, 9.17) is 4.84 Å². The number of oxime groups is 1. The van der Waals surface area contributed by atoms with Crippen LogP contribution in [0, 0.1) is 6.92 Å². The van der Waals surface area contributed by atoms with Gasteiger partial charge >= 0.3 is 0 Å². The van der Waals surface area contributed by atoms with Gasteiger partial charge in [0, 0.05) is 48.0 Å². The number of hydrogen-bond acceptors (Lipinski definition) is 4. The number of H-pyrrole nitrogens is 1. The fourth-order valence-electron chi connectivity index (χ4n) is 3.17. The van der Waals surface area contributed by atoms with Crippen molar-refractivity contribution >= 4 is 22.5 Å². The Bertz CT molecular complexity index is 962. The van der Waals surface area contributed by atoms with Gasteiger partial charge in [-0.25, -0.2) is 0 Å². The van der Waals surface area contributed by atoms with E-state index in [1.165, 1.54) is 16.5 Å². The first-order chi connectivity index (χ1) is 12.7. The van der Waals surface area contributed by atoms with Crippen molar-refractivity contribution in [2.24, 2.45) is 5.16 Å². The molecule has 1 aliphatic rings. The summed E-state index contributed by atoms with van der Waals surface area (Å²) in [5.74, 6) is -0.131. The molecular weight excluding hydrogens is 328 g/mol. The number of rotatable bonds is 5. The van der Waals surface area contributed by atoms with Crippen molar-refractivity contribution < 1.29 is 9.63 Å². The Morgan fingerprint density at radius 1 is 1.31 bits per heavy atom. The maximum absolute atomic E-state index is 12.3. The number of nitrogens with zero attached hydrogens (tertiary/aromatic N) is 2. The first-order valence-corrected chi connectivity index (χ1v) is 8.68. The summed E-state index contributed by atoms with van der Waals surface area (Å²) in [6, 6.07) is 10.1. The third kappa shape index (κ3) is 3.31. The van der Waals surface area contributed by atoms with Gasteiger partial charge in [-0.05, 0) is 42.7 Å². The molecule has 0 aliphatic carbocycles. The van der Waals surface area contributed by atoms with E-state index in [0.29, 0.717) is 13.0 Å². The van der Waals surface area contributed by atoms with Crippen LogP contribution in [0.3, 0.4) is 0 Å². The molecule has 0 saturated carbocycles. The topological polar surface area (TPSA) is 79.4 Å². The van der Waals surface area contributed by atoms with Crippen molar-refractivity contribution in [2.45, 2.75) is 25.9 Å². The maximum Gasteiger partial charge on any atom is 0.264 e. The molecule has 132 valence electrons. The Balaban J connectivity index is 1.31. The number of aromatic amines is 1. The number of benzene rings is 1. The average Bonchev–Trinajstić information content (AvgIpc) is 3.30. The van der Waals surface area contributed by atoms with Crippen LogP contribution < -0.4 is 5.32 Å². The van der Waals surface area contributed by atoms with Crippen LogP contribution >= 0.6 is 0 Å². The highest BCUT2D eigenvalue weighted by atomic mass is 16.6. The Morgan fingerprint density at radius 3 is 3.00 bits per heavy atom. The molecule has 3 aromatic rings. The van der Waals surface area contributed by atoms with E-state index in [1.54, 1.807) is 12.4 Å². The second kappa shape index (κ2) is 7.00. The lowest BCUT2D eigenvalue weighted by Gasteiger charge is -2.09. The molecule has 0 saturated heterocycles. The smallest absolute Gasteiger partial charge is 0.264 e. The lowest BCUT2D eigenvalue weighted by molar-refractivity contribution is -0.131. The van der Waals surface area contributed by atoms with Crippen LogP contribution in [0.25, 0.3) is 10.9 Å². The van der Waals surface area contributed by atoms with Gasteiger partial charge in [-0.1, -0.05) is 17.3 Å². The number of aromatic nitrogens is 2. The zero-order chi connectivity index (χ0) is 17.9. The second-order valence-corrected chi connectivity index (χ2v) is 6.48. The van der Waals surface area contributed by atoms with E-state index in [1.807, 2.05) is 18.3 Å². The molecule has 1 unspecified atom stereocenters. The predicted molar refractivity (Wildman–Crippen MR) is 100 cm³/mol. The monoisotopic (exact) mass is 348 g/mol. The summed E-state index contributed by atoms with van der Waals surface area (Å²) in [6.45, 7) is 2.63. The molecule has 0 bridgehead atoms. The van der Waals surface area contributed by atoms with Gasteiger partial charge in [0.05, 0.1) is 5.71 Å². The van der Waals surface area contributed by atoms with Gasteiger partial charge in [-0.2, -0.15) is 0 Å². The maximum atomic E-state index is 12.3. The molecule has 0 spiro atoms. The van der Waals surface area contributed by atoms with E-state index in [0.717, 1.165) is 23.2 Å². The zero-order valence-electron chi connectivity index (χ0n) is 14.5. The van der Waals surface area contributed by atoms with E-state index >= 15 is 0 Å². The molecule has 3 heterocycles. The van der Waals surface area contributed by atoms with Crippen molar-refractivity contribution in [1.82, 2.24) is 15.3 Å². The zero-order valence-corrected chi connectivity index (χ0v) is 14.5. The standard InChI is InChI=1S/C20H20N4O2/c1-13-2-3-16-15(12-23-18(16)10-13)6-9-22-20(25)19-11-17(24-26-19)14-4-7-21-8-5-14/h2-5,7-8,10,12,19,23H,6,9,11H2,1H3,(H,22,25). The summed E-state index contributed by atoms with van der Waals surface area (Å²) >= 11 is 0. The fourth-order valence-corrected chi connectivity index (χ4v) is 3.17. The quantitative estimate of drug-likeness (QED) is 0.744. The number of carbonyl (C=O) groups is 1. The number of pyridine rings is 1. The van der Waals surface area contributed by atoms with Gasteiger partial charge in [0.25, 0.3) is 5.91 Å². The minimum absolute atomic E-state index is 0.131. The van der Waals surface area contributed by atoms with Crippen LogP contribution in [0.15, 0.2) is 54.1 Å². The van der Waals surface area contributed by atoms with Crippen molar-refractivity contribution in [3.05, 3.63) is 65.6 Å². The third-order valence-electron chi connectivity index (χ3n) is 4.59. The van der Waals surface area contributed by atoms with Crippen molar-refractivity contribution in [3.8, 4) is 0 Å². The Kier molecular flexibility index (Phi) is 4.39. The van der Waals surface area contributed by atoms with Gasteiger partial charge in [0.15, 0.2) is 0 Å². The molecule has 26 heavy (non-hydrogen) atoms. The summed E-state index contributed by atoms with van der Waals surface area (Å²) < 4.78 is 0. The molecule has 2 aromatic heterocycles. The Labute approximate surface area is 151 Å². The number of carbonyl (C=O) groups excluding carboxylic acids is 1. The van der Waals surface area contributed by atoms with Gasteiger partial charge in [0.1, 0.15) is 0 Å². The predicted octanol–water partition coefficient (Wildman–Crippen LogP) is 2.72. The van der Waals surface area contributed by atoms with Crippen LogP contribution in [-0.2, 0) is 16.1 Å². The highest BCUT2D eigenvalue weighted by Gasteiger charge is 2.28. The Morgan fingerprint density at radius 2 is 2.15 bits per heavy atom. The van der Waals surface area contributed by atoms with Crippen molar-refractivity contribution in [1.29, 1.82) is 0 Å². The first kappa shape index (κ1) is 16.3. The molecule has 6 heteroatoms. The summed E-state index contributed by atoms with van der Waals surface area (Å²) in [4.78, 5) is 24.9. The normalized spacial score (nSPS) is 16.3. The van der Waals surface area contributed by atoms with Crippen LogP contribution in [0.5, 0.6) is 0 Å². The van der Waals surface area contributed by atoms with Crippen LogP contribution in [0.2, 0.25) is 0 Å². The SMILES string of the molecule is Cc1ccc2c(CCNC(=O)C3CC(c4ccncc4)=NO3)c[nH]c2c1. The van der Waals surface area contributed by atoms with Gasteiger partial charge in [-0.15, -0.1) is 0 Å². The molecule has 2 N–H and O–H groups in total. The molecule has 1 aromatic carbocycles. The lowest BCUT2D eigenvalue weighted by atomic mass is 10.1. The van der Waals surface area contributed by atoms with Crippen molar-refractivity contribution in [2.75, 3.05) is 6.54 Å². The van der Waals surface area contributed by atoms with Crippen LogP contribution in [0.1, 0.15) is 23.1 Å². The van der Waals surface area contributed by atoms with Gasteiger partial charge in [-0.3, -0.25) is 9.78 Å². The number of nitrogens with one attached hydrogen (secondary N) is 2. The molecule has 1 atom stereocenters. The van der Waals surface area contributed by atoms with E-state index in [2.05, 4.69) is 45.6 Å². The Hall–Kier alpha value is -3.15. The molecule has 6 nitrogen and oxygen atoms in total. The van der Waals surface area contributed by atoms with E-state index < -0.39 is 6.10 Å². The molecule has 1 amide bonds. The first-order valence-electron chi connectivity index (χ1n) is 8.68. The molecular formula is C20H20N4O2. The minimum Gasteiger partial charge on any atom is -0.382 e. The fraction of sp³-hybridized carbons (Fsp3) is 0.250. The lowest BCUT2D eigenvalue weighted by Crippen LogP contribution is -2.35. The highest BCUT2D eigenvalue weighted by molar-refractivity contribution is 6.03. The number of aryl methyl sites for hydroxylation is 1. The minimum atomic E-state index is -0.566. The molecule has 4 rings (SSSR count). The largest absolute Gasteiger partial charge is 0.382 e. The van der Waals surface area contributed by atoms with Crippen LogP contribution in [-0.4, -0.2) is 34.2 Å². The molecule has 0 radical (unpaired) electrons. The third-order valence-corrected chi connectivity index (χ3v) is 4.59. The van der Waals surface area contributed by atoms with Gasteiger partial charge < -0.3 is 15.1 Å². The highest BCUT2D eigenvalue weighted by Crippen LogP contribution is 2.20. The molecule has 1 aliphatic heterocycles. The van der Waals surface area contributed by atoms with Crippen molar-refractivity contribution in [3.63, 3.8) is 0 Å². The summed E-state index contributed by atoms with van der Waals surface area (Å²) in [5.41, 5.74) is 5.26. The van der Waals surface area contributed by atoms with Gasteiger partial charge in [0.2, 0.25) is 6.10 Å². The number of amides is 1. The van der Waals surface area contributed by atoms with E-state index in [9.17, 15) is 4.79 Å². The van der Waals surface area contributed by atoms with E-state index in [-0.39, 0.29) is 5.91 Å². The summed E-state index contributed by atoms with van der Waals surface area (Å²) in [7, 11) is 0. The number of fused-ring (bicyclic) bond motifs is 1. The number of hydrogen-bond donors (Lipinski definition) is 2. The average molecular weight is 348 g/mol. The molecule has 0 fully saturated rings. The summed E-state index contributed by atoms with van der Waals surface area (Å²) in [6.07, 6.45) is 6.08.